The van der Waals surface area contributed by atoms with Crippen LogP contribution in [-0.4, -0.2) is 40.1 Å². The second-order valence-electron chi connectivity index (χ2n) is 9.50. The van der Waals surface area contributed by atoms with Crippen LogP contribution >= 0.6 is 11.6 Å². The maximum Gasteiger partial charge on any atom is 0.311 e. The largest absolute Gasteiger partial charge is 0.569 e. The first-order chi connectivity index (χ1) is 16.6. The van der Waals surface area contributed by atoms with Crippen LogP contribution < -0.4 is 4.74 Å². The lowest BCUT2D eigenvalue weighted by molar-refractivity contribution is -0.719. The molecule has 0 aliphatic carbocycles. The molecule has 35 heavy (non-hydrogen) atoms. The smallest absolute Gasteiger partial charge is 0.311 e. The number of hydrazine groups is 1. The molecule has 0 amide bonds. The van der Waals surface area contributed by atoms with Crippen LogP contribution in [0, 0.1) is 12.1 Å². The van der Waals surface area contributed by atoms with Gasteiger partial charge in [-0.15, -0.1) is 5.01 Å². The Morgan fingerprint density at radius 2 is 2.00 bits per heavy atom. The molecule has 1 atom stereocenters. The number of carbonyl (C=O) groups excluding carboxylic acids is 1. The molecule has 1 aliphatic rings. The topological polar surface area (TPSA) is 99.3 Å². The van der Waals surface area contributed by atoms with Gasteiger partial charge in [-0.3, -0.25) is 9.78 Å². The predicted octanol–water partition coefficient (Wildman–Crippen LogP) is 5.67. The first kappa shape index (κ1) is 26.7. The van der Waals surface area contributed by atoms with Gasteiger partial charge < -0.3 is 19.5 Å². The van der Waals surface area contributed by atoms with Crippen LogP contribution in [0.3, 0.4) is 0 Å². The third-order valence-corrected chi connectivity index (χ3v) is 6.14. The molecule has 1 aromatic heterocycles. The van der Waals surface area contributed by atoms with Gasteiger partial charge in [0, 0.05) is 28.8 Å². The molecule has 0 radical (unpaired) electrons. The molecule has 0 bridgehead atoms. The van der Waals surface area contributed by atoms with E-state index in [-0.39, 0.29) is 24.0 Å². The van der Waals surface area contributed by atoms with Crippen LogP contribution in [0.5, 0.6) is 5.75 Å². The van der Waals surface area contributed by atoms with Gasteiger partial charge in [0.25, 0.3) is 0 Å². The van der Waals surface area contributed by atoms with Crippen molar-refractivity contribution in [3.8, 4) is 5.75 Å². The summed E-state index contributed by atoms with van der Waals surface area (Å²) in [4.78, 5) is 22.4. The van der Waals surface area contributed by atoms with Gasteiger partial charge >= 0.3 is 5.97 Å². The number of aryl methyl sites for hydroxylation is 1. The summed E-state index contributed by atoms with van der Waals surface area (Å²) in [7, 11) is 1.65. The predicted molar refractivity (Wildman–Crippen MR) is 131 cm³/mol. The van der Waals surface area contributed by atoms with E-state index in [1.807, 2.05) is 52.0 Å². The summed E-state index contributed by atoms with van der Waals surface area (Å²) in [5.74, 6) is 0.158. The molecule has 0 unspecified atom stereocenters. The first-order valence-electron chi connectivity index (χ1n) is 11.7. The molecule has 190 valence electrons. The Bertz CT molecular complexity index is 1050. The average molecular weight is 505 g/mol. The van der Waals surface area contributed by atoms with Gasteiger partial charge in [-0.05, 0) is 64.7 Å². The van der Waals surface area contributed by atoms with Crippen molar-refractivity contribution in [2.45, 2.75) is 71.6 Å². The summed E-state index contributed by atoms with van der Waals surface area (Å²) < 4.78 is 11.7. The third-order valence-electron chi connectivity index (χ3n) is 5.89. The fraction of sp³-hybridized carbons (Fsp3) is 0.520. The number of benzene rings is 1. The lowest BCUT2D eigenvalue weighted by atomic mass is 10.0. The van der Waals surface area contributed by atoms with E-state index < -0.39 is 0 Å². The van der Waals surface area contributed by atoms with Crippen LogP contribution in [0.25, 0.3) is 0 Å². The summed E-state index contributed by atoms with van der Waals surface area (Å²) in [5.41, 5.74) is 3.00. The number of hydrogen-bond acceptors (Lipinski definition) is 7. The zero-order chi connectivity index (χ0) is 25.6. The van der Waals surface area contributed by atoms with E-state index in [9.17, 15) is 10.0 Å². The fourth-order valence-corrected chi connectivity index (χ4v) is 3.64. The van der Waals surface area contributed by atoms with Crippen molar-refractivity contribution in [2.24, 2.45) is 5.28 Å². The third kappa shape index (κ3) is 7.05. The number of fused-ring (bicyclic) bond motifs is 1. The van der Waals surface area contributed by atoms with Crippen LogP contribution in [0.15, 0.2) is 35.7 Å². The molecule has 9 nitrogen and oxygen atoms in total. The number of pyridine rings is 1. The molecule has 0 saturated carbocycles. The Morgan fingerprint density at radius 3 is 2.69 bits per heavy atom. The SMILES string of the molecule is Cc1ncc2c(c1OC(=O)CCCCCO/N=[N+](/[O-])N(C)C(C)(C)C)CO[C@H]2c1ccc(Cl)cc1. The number of carbonyl (C=O) groups is 1. The summed E-state index contributed by atoms with van der Waals surface area (Å²) in [6.07, 6.45) is 3.82. The molecule has 10 heteroatoms. The Labute approximate surface area is 211 Å². The van der Waals surface area contributed by atoms with Crippen molar-refractivity contribution in [3.63, 3.8) is 0 Å². The Morgan fingerprint density at radius 1 is 1.29 bits per heavy atom. The molecule has 2 heterocycles. The highest BCUT2D eigenvalue weighted by molar-refractivity contribution is 6.30. The Balaban J connectivity index is 1.47. The van der Waals surface area contributed by atoms with Crippen LogP contribution in [0.2, 0.25) is 5.02 Å². The number of rotatable bonds is 10. The van der Waals surface area contributed by atoms with Crippen molar-refractivity contribution in [1.82, 2.24) is 9.99 Å². The van der Waals surface area contributed by atoms with Gasteiger partial charge in [-0.25, -0.2) is 0 Å². The van der Waals surface area contributed by atoms with Gasteiger partial charge in [-0.1, -0.05) is 23.7 Å². The zero-order valence-corrected chi connectivity index (χ0v) is 21.7. The van der Waals surface area contributed by atoms with Gasteiger partial charge in [0.1, 0.15) is 12.7 Å². The fourth-order valence-electron chi connectivity index (χ4n) is 3.51. The highest BCUT2D eigenvalue weighted by atomic mass is 35.5. The highest BCUT2D eigenvalue weighted by Gasteiger charge is 2.30. The van der Waals surface area contributed by atoms with Crippen LogP contribution in [-0.2, 0) is 21.0 Å². The highest BCUT2D eigenvalue weighted by Crippen LogP contribution is 2.41. The Hall–Kier alpha value is -2.91. The monoisotopic (exact) mass is 504 g/mol. The minimum Gasteiger partial charge on any atom is -0.569 e. The number of halogens is 1. The van der Waals surface area contributed by atoms with E-state index in [1.54, 1.807) is 13.2 Å². The van der Waals surface area contributed by atoms with E-state index in [0.29, 0.717) is 47.5 Å². The minimum atomic E-state index is -0.357. The number of aromatic nitrogens is 1. The van der Waals surface area contributed by atoms with E-state index >= 15 is 0 Å². The summed E-state index contributed by atoms with van der Waals surface area (Å²) in [6.45, 7) is 8.16. The summed E-state index contributed by atoms with van der Waals surface area (Å²) in [6, 6.07) is 7.48. The molecule has 0 fully saturated rings. The standard InChI is InChI=1S/C25H33ClN4O5/c1-17-23(21-16-33-24(20(21)15-27-17)18-10-12-19(26)13-11-18)35-22(31)9-7-6-8-14-34-28-30(32)29(5)25(2,3)4/h10-13,15,24H,6-9,14,16H2,1-5H3/b30-28+/t24-/m0/s1. The van der Waals surface area contributed by atoms with Crippen molar-refractivity contribution in [2.75, 3.05) is 13.7 Å². The number of esters is 1. The number of hydrogen-bond donors (Lipinski definition) is 0. The molecule has 2 aromatic rings. The number of ether oxygens (including phenoxy) is 2. The van der Waals surface area contributed by atoms with Crippen molar-refractivity contribution in [1.29, 1.82) is 0 Å². The summed E-state index contributed by atoms with van der Waals surface area (Å²) >= 11 is 6.00. The van der Waals surface area contributed by atoms with E-state index in [2.05, 4.69) is 10.3 Å². The number of nitrogens with zero attached hydrogens (tertiary/aromatic N) is 4. The molecular formula is C25H33ClN4O5. The zero-order valence-electron chi connectivity index (χ0n) is 20.9. The molecule has 3 rings (SSSR count). The van der Waals surface area contributed by atoms with Gasteiger partial charge in [-0.2, -0.15) is 0 Å². The molecule has 0 N–H and O–H groups in total. The van der Waals surface area contributed by atoms with Crippen LogP contribution in [0.4, 0.5) is 0 Å². The maximum atomic E-state index is 12.5. The van der Waals surface area contributed by atoms with E-state index in [1.165, 1.54) is 5.01 Å². The van der Waals surface area contributed by atoms with Crippen molar-refractivity contribution in [3.05, 3.63) is 63.1 Å². The maximum absolute atomic E-state index is 12.5. The lowest BCUT2D eigenvalue weighted by Crippen LogP contribution is -2.42. The van der Waals surface area contributed by atoms with E-state index in [4.69, 9.17) is 25.9 Å². The molecular weight excluding hydrogens is 472 g/mol. The first-order valence-corrected chi connectivity index (χ1v) is 12.1. The molecule has 1 aliphatic heterocycles. The second-order valence-corrected chi connectivity index (χ2v) is 9.93. The second kappa shape index (κ2) is 11.7. The quantitative estimate of drug-likeness (QED) is 0.135. The van der Waals surface area contributed by atoms with Crippen molar-refractivity contribution < 1.29 is 24.1 Å². The molecule has 0 spiro atoms. The Kier molecular flexibility index (Phi) is 8.91. The summed E-state index contributed by atoms with van der Waals surface area (Å²) in [5, 5.41) is 17.5. The average Bonchev–Trinajstić information content (AvgIpc) is 3.24. The minimum absolute atomic E-state index is 0.266. The van der Waals surface area contributed by atoms with Gasteiger partial charge in [0.05, 0.1) is 29.9 Å². The van der Waals surface area contributed by atoms with Crippen molar-refractivity contribution >= 4 is 17.6 Å². The normalized spacial score (nSPS) is 15.6. The lowest BCUT2D eigenvalue weighted by Gasteiger charge is -2.26. The van der Waals surface area contributed by atoms with Gasteiger partial charge in [0.2, 0.25) is 5.28 Å². The van der Waals surface area contributed by atoms with Crippen LogP contribution in [0.1, 0.15) is 74.9 Å². The number of unbranched alkanes of at least 4 members (excludes halogenated alkanes) is 2. The molecule has 0 saturated heterocycles. The molecule has 1 aromatic carbocycles. The van der Waals surface area contributed by atoms with Gasteiger partial charge in [0.15, 0.2) is 5.75 Å². The van der Waals surface area contributed by atoms with E-state index in [0.717, 1.165) is 23.1 Å².